The van der Waals surface area contributed by atoms with Gasteiger partial charge in [0.1, 0.15) is 17.7 Å². The third-order valence-electron chi connectivity index (χ3n) is 5.74. The molecule has 0 aliphatic carbocycles. The minimum atomic E-state index is -0.914. The molecule has 0 saturated carbocycles. The first kappa shape index (κ1) is 29.9. The van der Waals surface area contributed by atoms with Gasteiger partial charge in [-0.3, -0.25) is 9.59 Å². The topological polar surface area (TPSA) is 87.7 Å². The predicted molar refractivity (Wildman–Crippen MR) is 147 cm³/mol. The van der Waals surface area contributed by atoms with Gasteiger partial charge in [-0.2, -0.15) is 0 Å². The van der Waals surface area contributed by atoms with Gasteiger partial charge in [0.15, 0.2) is 0 Å². The van der Waals surface area contributed by atoms with Gasteiger partial charge in [-0.05, 0) is 71.6 Å². The molecule has 0 fully saturated rings. The largest absolute Gasteiger partial charge is 0.444 e. The van der Waals surface area contributed by atoms with Crippen LogP contribution in [-0.4, -0.2) is 47.0 Å². The van der Waals surface area contributed by atoms with E-state index in [9.17, 15) is 14.4 Å². The van der Waals surface area contributed by atoms with Crippen LogP contribution in [0.25, 0.3) is 0 Å². The van der Waals surface area contributed by atoms with Gasteiger partial charge in [0, 0.05) is 19.0 Å². The van der Waals surface area contributed by atoms with Crippen LogP contribution in [0.5, 0.6) is 0 Å². The van der Waals surface area contributed by atoms with E-state index in [0.717, 1.165) is 22.3 Å². The Labute approximate surface area is 222 Å². The lowest BCUT2D eigenvalue weighted by atomic mass is 9.95. The average Bonchev–Trinajstić information content (AvgIpc) is 2.79. The van der Waals surface area contributed by atoms with E-state index in [1.165, 1.54) is 0 Å². The lowest BCUT2D eigenvalue weighted by Gasteiger charge is -2.35. The maximum Gasteiger partial charge on any atom is 0.408 e. The van der Waals surface area contributed by atoms with Crippen molar-refractivity contribution in [3.05, 3.63) is 70.8 Å². The molecule has 2 N–H and O–H groups in total. The second kappa shape index (κ2) is 13.3. The van der Waals surface area contributed by atoms with E-state index in [2.05, 4.69) is 10.6 Å². The highest BCUT2D eigenvalue weighted by atomic mass is 16.6. The van der Waals surface area contributed by atoms with Crippen LogP contribution in [0.2, 0.25) is 0 Å². The smallest absolute Gasteiger partial charge is 0.408 e. The molecule has 3 amide bonds. The summed E-state index contributed by atoms with van der Waals surface area (Å²) < 4.78 is 5.48. The minimum absolute atomic E-state index is 0.0984. The number of ether oxygens (including phenoxy) is 1. The quantitative estimate of drug-likeness (QED) is 0.458. The molecule has 0 aliphatic rings. The molecule has 2 rings (SSSR count). The van der Waals surface area contributed by atoms with Crippen LogP contribution in [0.3, 0.4) is 0 Å². The Bertz CT molecular complexity index is 1060. The van der Waals surface area contributed by atoms with Crippen molar-refractivity contribution in [3.8, 4) is 0 Å². The SMILES string of the molecule is CCCN(C(=O)C(Cc1ccccc1)NC(=O)OC(C)(C)C)C(C(=O)NC(C)C)c1cc(C)ccc1C. The summed E-state index contributed by atoms with van der Waals surface area (Å²) in [6.45, 7) is 15.3. The first-order chi connectivity index (χ1) is 17.3. The number of hydrogen-bond donors (Lipinski definition) is 2. The fraction of sp³-hybridized carbons (Fsp3) is 0.500. The molecule has 7 heteroatoms. The molecule has 2 unspecified atom stereocenters. The Morgan fingerprint density at radius 3 is 2.19 bits per heavy atom. The number of amides is 3. The number of alkyl carbamates (subject to hydrolysis) is 1. The Kier molecular flexibility index (Phi) is 10.7. The van der Waals surface area contributed by atoms with Crippen molar-refractivity contribution in [2.75, 3.05) is 6.54 Å². The highest BCUT2D eigenvalue weighted by Gasteiger charge is 2.36. The number of benzene rings is 2. The van der Waals surface area contributed by atoms with Gasteiger partial charge < -0.3 is 20.3 Å². The van der Waals surface area contributed by atoms with Gasteiger partial charge in [0.25, 0.3) is 0 Å². The third kappa shape index (κ3) is 9.23. The molecule has 0 saturated heterocycles. The molecule has 37 heavy (non-hydrogen) atoms. The van der Waals surface area contributed by atoms with Gasteiger partial charge >= 0.3 is 6.09 Å². The molecule has 0 aliphatic heterocycles. The number of carbonyl (C=O) groups is 3. The van der Waals surface area contributed by atoms with Crippen molar-refractivity contribution < 1.29 is 19.1 Å². The van der Waals surface area contributed by atoms with E-state index < -0.39 is 23.8 Å². The lowest BCUT2D eigenvalue weighted by Crippen LogP contribution is -2.54. The zero-order chi connectivity index (χ0) is 27.8. The fourth-order valence-corrected chi connectivity index (χ4v) is 4.18. The second-order valence-electron chi connectivity index (χ2n) is 10.8. The van der Waals surface area contributed by atoms with Crippen molar-refractivity contribution in [2.45, 2.75) is 92.0 Å². The van der Waals surface area contributed by atoms with Gasteiger partial charge in [-0.1, -0.05) is 61.0 Å². The van der Waals surface area contributed by atoms with Crippen molar-refractivity contribution in [1.82, 2.24) is 15.5 Å². The summed E-state index contributed by atoms with van der Waals surface area (Å²) in [5.74, 6) is -0.581. The summed E-state index contributed by atoms with van der Waals surface area (Å²) in [5, 5.41) is 5.79. The molecular weight excluding hydrogens is 466 g/mol. The number of hydrogen-bond acceptors (Lipinski definition) is 4. The monoisotopic (exact) mass is 509 g/mol. The highest BCUT2D eigenvalue weighted by molar-refractivity contribution is 5.92. The van der Waals surface area contributed by atoms with Crippen LogP contribution >= 0.6 is 0 Å². The summed E-state index contributed by atoms with van der Waals surface area (Å²) in [6, 6.07) is 13.6. The lowest BCUT2D eigenvalue weighted by molar-refractivity contribution is -0.142. The molecule has 0 radical (unpaired) electrons. The normalized spacial score (nSPS) is 13.0. The number of carbonyl (C=O) groups excluding carboxylic acids is 3. The van der Waals surface area contributed by atoms with Gasteiger partial charge in [-0.25, -0.2) is 4.79 Å². The molecule has 0 heterocycles. The molecule has 7 nitrogen and oxygen atoms in total. The molecule has 0 bridgehead atoms. The third-order valence-corrected chi connectivity index (χ3v) is 5.74. The Morgan fingerprint density at radius 2 is 1.62 bits per heavy atom. The summed E-state index contributed by atoms with van der Waals surface area (Å²) in [7, 11) is 0. The Morgan fingerprint density at radius 1 is 0.973 bits per heavy atom. The van der Waals surface area contributed by atoms with Gasteiger partial charge in [0.05, 0.1) is 0 Å². The maximum absolute atomic E-state index is 14.2. The molecule has 2 atom stereocenters. The molecule has 202 valence electrons. The molecule has 0 aromatic heterocycles. The zero-order valence-electron chi connectivity index (χ0n) is 23.6. The van der Waals surface area contributed by atoms with Crippen molar-refractivity contribution in [3.63, 3.8) is 0 Å². The van der Waals surface area contributed by atoms with E-state index in [1.54, 1.807) is 25.7 Å². The minimum Gasteiger partial charge on any atom is -0.444 e. The van der Waals surface area contributed by atoms with Crippen molar-refractivity contribution in [2.24, 2.45) is 0 Å². The number of aryl methyl sites for hydroxylation is 2. The summed E-state index contributed by atoms with van der Waals surface area (Å²) >= 11 is 0. The standard InChI is InChI=1S/C30H43N3O4/c1-9-17-33(26(27(34)31-20(2)3)24-18-21(4)15-16-22(24)5)28(35)25(19-23-13-11-10-12-14-23)32-29(36)37-30(6,7)8/h10-16,18,20,25-26H,9,17,19H2,1-8H3,(H,31,34)(H,32,36). The molecule has 2 aromatic rings. The highest BCUT2D eigenvalue weighted by Crippen LogP contribution is 2.27. The number of nitrogens with zero attached hydrogens (tertiary/aromatic N) is 1. The second-order valence-corrected chi connectivity index (χ2v) is 10.8. The molecule has 2 aromatic carbocycles. The number of nitrogens with one attached hydrogen (secondary N) is 2. The fourth-order valence-electron chi connectivity index (χ4n) is 4.18. The van der Waals surface area contributed by atoms with E-state index in [4.69, 9.17) is 4.74 Å². The average molecular weight is 510 g/mol. The van der Waals surface area contributed by atoms with Crippen LogP contribution < -0.4 is 10.6 Å². The summed E-state index contributed by atoms with van der Waals surface area (Å²) in [5.41, 5.74) is 2.87. The van der Waals surface area contributed by atoms with Crippen LogP contribution in [0, 0.1) is 13.8 Å². The van der Waals surface area contributed by atoms with E-state index in [1.807, 2.05) is 83.1 Å². The Balaban J connectivity index is 2.56. The molecular formula is C30H43N3O4. The van der Waals surface area contributed by atoms with Crippen molar-refractivity contribution in [1.29, 1.82) is 0 Å². The van der Waals surface area contributed by atoms with E-state index in [-0.39, 0.29) is 24.3 Å². The predicted octanol–water partition coefficient (Wildman–Crippen LogP) is 5.24. The Hall–Kier alpha value is -3.35. The van der Waals surface area contributed by atoms with Crippen LogP contribution in [0.1, 0.15) is 76.3 Å². The first-order valence-electron chi connectivity index (χ1n) is 13.0. The summed E-state index contributed by atoms with van der Waals surface area (Å²) in [6.07, 6.45) is 0.241. The number of rotatable bonds is 10. The van der Waals surface area contributed by atoms with Crippen LogP contribution in [0.15, 0.2) is 48.5 Å². The van der Waals surface area contributed by atoms with Crippen molar-refractivity contribution >= 4 is 17.9 Å². The zero-order valence-corrected chi connectivity index (χ0v) is 23.6. The maximum atomic E-state index is 14.2. The van der Waals surface area contributed by atoms with Gasteiger partial charge in [-0.15, -0.1) is 0 Å². The van der Waals surface area contributed by atoms with Crippen LogP contribution in [-0.2, 0) is 20.7 Å². The van der Waals surface area contributed by atoms with E-state index in [0.29, 0.717) is 13.0 Å². The van der Waals surface area contributed by atoms with E-state index >= 15 is 0 Å². The summed E-state index contributed by atoms with van der Waals surface area (Å²) in [4.78, 5) is 42.2. The first-order valence-corrected chi connectivity index (χ1v) is 13.0. The van der Waals surface area contributed by atoms with Gasteiger partial charge in [0.2, 0.25) is 11.8 Å². The molecule has 0 spiro atoms. The van der Waals surface area contributed by atoms with Crippen LogP contribution in [0.4, 0.5) is 4.79 Å².